The Balaban J connectivity index is 2.01. The number of carbonyl (C=O) groups excluding carboxylic acids is 1. The Morgan fingerprint density at radius 3 is 2.58 bits per heavy atom. The van der Waals surface area contributed by atoms with Gasteiger partial charge in [0, 0.05) is 24.8 Å². The number of benzene rings is 2. The summed E-state index contributed by atoms with van der Waals surface area (Å²) in [6.45, 7) is 0.934. The highest BCUT2D eigenvalue weighted by molar-refractivity contribution is 6.06. The maximum Gasteiger partial charge on any atom is 0.270 e. The van der Waals surface area contributed by atoms with Gasteiger partial charge in [0.1, 0.15) is 12.4 Å². The van der Waals surface area contributed by atoms with Gasteiger partial charge in [0.25, 0.3) is 5.69 Å². The number of rotatable bonds is 8. The third-order valence-electron chi connectivity index (χ3n) is 3.20. The Kier molecular flexibility index (Phi) is 6.22. The first-order chi connectivity index (χ1) is 11.6. The monoisotopic (exact) mass is 327 g/mol. The molecule has 24 heavy (non-hydrogen) atoms. The predicted octanol–water partition coefficient (Wildman–Crippen LogP) is 3.52. The molecule has 2 rings (SSSR count). The van der Waals surface area contributed by atoms with E-state index in [-0.39, 0.29) is 11.5 Å². The zero-order chi connectivity index (χ0) is 17.4. The summed E-state index contributed by atoms with van der Waals surface area (Å²) < 4.78 is 10.3. The van der Waals surface area contributed by atoms with Gasteiger partial charge in [-0.2, -0.15) is 0 Å². The fourth-order valence-corrected chi connectivity index (χ4v) is 1.97. The van der Waals surface area contributed by atoms with Gasteiger partial charge >= 0.3 is 0 Å². The van der Waals surface area contributed by atoms with E-state index < -0.39 is 4.92 Å². The number of allylic oxidation sites excluding steroid dienone is 1. The van der Waals surface area contributed by atoms with Crippen LogP contribution < -0.4 is 4.74 Å². The fourth-order valence-electron chi connectivity index (χ4n) is 1.97. The lowest BCUT2D eigenvalue weighted by Gasteiger charge is -2.05. The van der Waals surface area contributed by atoms with Gasteiger partial charge in [0.2, 0.25) is 0 Å². The molecule has 0 heterocycles. The molecule has 6 nitrogen and oxygen atoms in total. The van der Waals surface area contributed by atoms with E-state index in [0.717, 1.165) is 0 Å². The number of nitro groups is 1. The Morgan fingerprint density at radius 1 is 1.17 bits per heavy atom. The fraction of sp³-hybridized carbons (Fsp3) is 0.167. The number of nitro benzene ring substituents is 1. The molecule has 6 heteroatoms. The zero-order valence-corrected chi connectivity index (χ0v) is 13.2. The van der Waals surface area contributed by atoms with Crippen LogP contribution in [-0.4, -0.2) is 31.0 Å². The number of non-ortho nitro benzene ring substituents is 1. The van der Waals surface area contributed by atoms with Crippen LogP contribution in [0.1, 0.15) is 15.9 Å². The van der Waals surface area contributed by atoms with Crippen LogP contribution in [0.3, 0.4) is 0 Å². The summed E-state index contributed by atoms with van der Waals surface area (Å²) >= 11 is 0. The van der Waals surface area contributed by atoms with Gasteiger partial charge in [-0.05, 0) is 35.9 Å². The van der Waals surface area contributed by atoms with Gasteiger partial charge in [0.15, 0.2) is 5.78 Å². The normalized spacial score (nSPS) is 10.7. The van der Waals surface area contributed by atoms with E-state index in [2.05, 4.69) is 0 Å². The average molecular weight is 327 g/mol. The number of methoxy groups -OCH3 is 1. The Labute approximate surface area is 139 Å². The molecule has 0 unspecified atom stereocenters. The molecule has 0 atom stereocenters. The van der Waals surface area contributed by atoms with Gasteiger partial charge in [-0.25, -0.2) is 0 Å². The first kappa shape index (κ1) is 17.4. The minimum atomic E-state index is -0.471. The molecule has 2 aromatic carbocycles. The zero-order valence-electron chi connectivity index (χ0n) is 13.2. The first-order valence-corrected chi connectivity index (χ1v) is 7.29. The van der Waals surface area contributed by atoms with Crippen molar-refractivity contribution in [3.63, 3.8) is 0 Å². The van der Waals surface area contributed by atoms with Gasteiger partial charge in [-0.15, -0.1) is 0 Å². The molecule has 0 aliphatic rings. The SMILES string of the molecule is COCCOc1ccc(C(=O)/C=C\c2cccc([N+](=O)[O-])c2)cc1. The van der Waals surface area contributed by atoms with Gasteiger partial charge in [0.05, 0.1) is 11.5 Å². The largest absolute Gasteiger partial charge is 0.491 e. The minimum Gasteiger partial charge on any atom is -0.491 e. The lowest BCUT2D eigenvalue weighted by atomic mass is 10.1. The Hall–Kier alpha value is -2.99. The summed E-state index contributed by atoms with van der Waals surface area (Å²) in [7, 11) is 1.60. The van der Waals surface area contributed by atoms with Gasteiger partial charge < -0.3 is 9.47 Å². The van der Waals surface area contributed by atoms with Crippen LogP contribution in [0.5, 0.6) is 5.75 Å². The molecule has 0 aliphatic heterocycles. The van der Waals surface area contributed by atoms with E-state index in [1.165, 1.54) is 18.2 Å². The molecular weight excluding hydrogens is 310 g/mol. The summed E-state index contributed by atoms with van der Waals surface area (Å²) in [6, 6.07) is 12.9. The molecule has 0 radical (unpaired) electrons. The van der Waals surface area contributed by atoms with Crippen molar-refractivity contribution in [1.29, 1.82) is 0 Å². The molecule has 0 saturated carbocycles. The average Bonchev–Trinajstić information content (AvgIpc) is 2.60. The molecule has 0 spiro atoms. The molecule has 2 aromatic rings. The molecule has 0 N–H and O–H groups in total. The van der Waals surface area contributed by atoms with Gasteiger partial charge in [-0.1, -0.05) is 18.2 Å². The number of ketones is 1. The minimum absolute atomic E-state index is 0.0119. The van der Waals surface area contributed by atoms with Crippen molar-refractivity contribution in [2.45, 2.75) is 0 Å². The van der Waals surface area contributed by atoms with Crippen LogP contribution in [0.4, 0.5) is 5.69 Å². The first-order valence-electron chi connectivity index (χ1n) is 7.29. The van der Waals surface area contributed by atoms with E-state index in [1.54, 1.807) is 49.6 Å². The second-order valence-electron chi connectivity index (χ2n) is 4.92. The highest BCUT2D eigenvalue weighted by Gasteiger charge is 2.05. The molecule has 0 fully saturated rings. The number of hydrogen-bond acceptors (Lipinski definition) is 5. The number of carbonyl (C=O) groups is 1. The van der Waals surface area contributed by atoms with E-state index >= 15 is 0 Å². The van der Waals surface area contributed by atoms with E-state index in [9.17, 15) is 14.9 Å². The topological polar surface area (TPSA) is 78.7 Å². The lowest BCUT2D eigenvalue weighted by Crippen LogP contribution is -2.04. The highest BCUT2D eigenvalue weighted by atomic mass is 16.6. The summed E-state index contributed by atoms with van der Waals surface area (Å²) in [5.74, 6) is 0.469. The van der Waals surface area contributed by atoms with Crippen LogP contribution in [0, 0.1) is 10.1 Å². The van der Waals surface area contributed by atoms with Crippen LogP contribution in [0.2, 0.25) is 0 Å². The van der Waals surface area contributed by atoms with Crippen LogP contribution >= 0.6 is 0 Å². The molecule has 0 bridgehead atoms. The lowest BCUT2D eigenvalue weighted by molar-refractivity contribution is -0.384. The van der Waals surface area contributed by atoms with Crippen molar-refractivity contribution in [3.05, 3.63) is 75.8 Å². The summed E-state index contributed by atoms with van der Waals surface area (Å²) in [5.41, 5.74) is 1.09. The summed E-state index contributed by atoms with van der Waals surface area (Å²) in [5, 5.41) is 10.7. The van der Waals surface area contributed by atoms with Crippen molar-refractivity contribution in [2.24, 2.45) is 0 Å². The molecule has 124 valence electrons. The number of ether oxygens (including phenoxy) is 2. The predicted molar refractivity (Wildman–Crippen MR) is 90.3 cm³/mol. The molecule has 0 aromatic heterocycles. The van der Waals surface area contributed by atoms with Crippen LogP contribution in [-0.2, 0) is 4.74 Å². The second-order valence-corrected chi connectivity index (χ2v) is 4.92. The van der Waals surface area contributed by atoms with E-state index in [4.69, 9.17) is 9.47 Å². The van der Waals surface area contributed by atoms with Crippen molar-refractivity contribution in [2.75, 3.05) is 20.3 Å². The van der Waals surface area contributed by atoms with Crippen molar-refractivity contribution < 1.29 is 19.2 Å². The third kappa shape index (κ3) is 5.03. The third-order valence-corrected chi connectivity index (χ3v) is 3.20. The maximum absolute atomic E-state index is 12.1. The summed E-state index contributed by atoms with van der Waals surface area (Å²) in [4.78, 5) is 22.4. The maximum atomic E-state index is 12.1. The number of hydrogen-bond donors (Lipinski definition) is 0. The number of nitrogens with zero attached hydrogens (tertiary/aromatic N) is 1. The quantitative estimate of drug-likeness (QED) is 0.244. The van der Waals surface area contributed by atoms with Crippen molar-refractivity contribution in [3.8, 4) is 5.75 Å². The van der Waals surface area contributed by atoms with Crippen molar-refractivity contribution >= 4 is 17.5 Å². The van der Waals surface area contributed by atoms with Crippen LogP contribution in [0.15, 0.2) is 54.6 Å². The second kappa shape index (κ2) is 8.59. The standard InChI is InChI=1S/C18H17NO5/c1-23-11-12-24-17-8-6-15(7-9-17)18(20)10-5-14-3-2-4-16(13-14)19(21)22/h2-10,13H,11-12H2,1H3/b10-5-. The molecular formula is C18H17NO5. The van der Waals surface area contributed by atoms with E-state index in [1.807, 2.05) is 0 Å². The van der Waals surface area contributed by atoms with Crippen molar-refractivity contribution in [1.82, 2.24) is 0 Å². The molecule has 0 amide bonds. The highest BCUT2D eigenvalue weighted by Crippen LogP contribution is 2.16. The van der Waals surface area contributed by atoms with E-state index in [0.29, 0.717) is 30.1 Å². The van der Waals surface area contributed by atoms with Gasteiger partial charge in [-0.3, -0.25) is 14.9 Å². The molecule has 0 aliphatic carbocycles. The molecule has 0 saturated heterocycles. The Morgan fingerprint density at radius 2 is 1.92 bits per heavy atom. The van der Waals surface area contributed by atoms with Crippen LogP contribution in [0.25, 0.3) is 6.08 Å². The summed E-state index contributed by atoms with van der Waals surface area (Å²) in [6.07, 6.45) is 2.94. The smallest absolute Gasteiger partial charge is 0.270 e. The Bertz CT molecular complexity index is 737.